The Morgan fingerprint density at radius 3 is 1.97 bits per heavy atom. The molecule has 0 fully saturated rings. The van der Waals surface area contributed by atoms with E-state index in [1.807, 2.05) is 35.2 Å². The van der Waals surface area contributed by atoms with E-state index >= 15 is 0 Å². The lowest BCUT2D eigenvalue weighted by atomic mass is 10.1. The van der Waals surface area contributed by atoms with Gasteiger partial charge in [-0.2, -0.15) is 0 Å². The molecule has 0 aliphatic heterocycles. The molecule has 176 valence electrons. The second-order valence-corrected chi connectivity index (χ2v) is 7.41. The Morgan fingerprint density at radius 2 is 1.45 bits per heavy atom. The van der Waals surface area contributed by atoms with Crippen molar-refractivity contribution in [2.45, 2.75) is 13.5 Å². The Balaban J connectivity index is 2.21. The number of carbonyl (C=O) groups excluding carboxylic acids is 4. The molecule has 1 amide bonds. The van der Waals surface area contributed by atoms with E-state index in [2.05, 4.69) is 5.32 Å². The molecule has 0 aliphatic carbocycles. The third kappa shape index (κ3) is 7.73. The number of hydrogen-bond donors (Lipinski definition) is 1. The van der Waals surface area contributed by atoms with Crippen LogP contribution in [0.4, 0.5) is 5.69 Å². The lowest BCUT2D eigenvalue weighted by Crippen LogP contribution is -2.37. The van der Waals surface area contributed by atoms with Gasteiger partial charge in [0.05, 0.1) is 44.9 Å². The van der Waals surface area contributed by atoms with Crippen molar-refractivity contribution in [2.75, 3.05) is 39.7 Å². The van der Waals surface area contributed by atoms with Crippen molar-refractivity contribution in [3.05, 3.63) is 65.2 Å². The van der Waals surface area contributed by atoms with E-state index in [4.69, 9.17) is 14.2 Å². The van der Waals surface area contributed by atoms with Gasteiger partial charge in [0, 0.05) is 18.8 Å². The van der Waals surface area contributed by atoms with Crippen LogP contribution < -0.4 is 5.32 Å². The molecule has 0 bridgehead atoms. The van der Waals surface area contributed by atoms with E-state index in [1.165, 1.54) is 39.5 Å². The number of hydrogen-bond acceptors (Lipinski definition) is 8. The molecule has 1 N–H and O–H groups in total. The quantitative estimate of drug-likeness (QED) is 0.429. The fraction of sp³-hybridized carbons (Fsp3) is 0.333. The van der Waals surface area contributed by atoms with Crippen molar-refractivity contribution in [2.24, 2.45) is 5.92 Å². The number of benzene rings is 2. The van der Waals surface area contributed by atoms with Crippen LogP contribution >= 0.6 is 0 Å². The maximum Gasteiger partial charge on any atom is 0.337 e. The number of nitrogens with one attached hydrogen (secondary N) is 1. The van der Waals surface area contributed by atoms with Gasteiger partial charge in [0.25, 0.3) is 0 Å². The van der Waals surface area contributed by atoms with E-state index in [0.717, 1.165) is 5.56 Å². The van der Waals surface area contributed by atoms with Gasteiger partial charge in [-0.15, -0.1) is 0 Å². The van der Waals surface area contributed by atoms with Gasteiger partial charge < -0.3 is 19.5 Å². The Kier molecular flexibility index (Phi) is 9.56. The summed E-state index contributed by atoms with van der Waals surface area (Å²) in [6.45, 7) is 2.42. The molecule has 9 nitrogen and oxygen atoms in total. The third-order valence-electron chi connectivity index (χ3n) is 4.81. The van der Waals surface area contributed by atoms with Gasteiger partial charge in [0.2, 0.25) is 5.91 Å². The third-order valence-corrected chi connectivity index (χ3v) is 4.81. The highest BCUT2D eigenvalue weighted by atomic mass is 16.5. The van der Waals surface area contributed by atoms with E-state index in [9.17, 15) is 19.2 Å². The van der Waals surface area contributed by atoms with Crippen molar-refractivity contribution >= 4 is 29.5 Å². The number of rotatable bonds is 10. The van der Waals surface area contributed by atoms with Crippen molar-refractivity contribution in [3.8, 4) is 0 Å². The molecule has 2 aromatic carbocycles. The lowest BCUT2D eigenvalue weighted by Gasteiger charge is -2.24. The summed E-state index contributed by atoms with van der Waals surface area (Å²) in [7, 11) is 3.75. The standard InChI is InChI=1S/C24H28N2O7/c1-16(22(28)31-2)13-26(14-17-8-6-5-7-9-17)15-21(27)25-20-11-18(23(29)32-3)10-19(12-20)24(30)33-4/h5-12,16H,13-15H2,1-4H3,(H,25,27). The van der Waals surface area contributed by atoms with Crippen molar-refractivity contribution in [1.29, 1.82) is 0 Å². The number of methoxy groups -OCH3 is 3. The minimum Gasteiger partial charge on any atom is -0.469 e. The Morgan fingerprint density at radius 1 is 0.879 bits per heavy atom. The predicted octanol–water partition coefficient (Wildman–Crippen LogP) is 2.51. The SMILES string of the molecule is COC(=O)c1cc(NC(=O)CN(Cc2ccccc2)CC(C)C(=O)OC)cc(C(=O)OC)c1. The molecule has 0 saturated heterocycles. The van der Waals surface area contributed by atoms with Crippen molar-refractivity contribution < 1.29 is 33.4 Å². The first kappa shape index (κ1) is 25.5. The largest absolute Gasteiger partial charge is 0.469 e. The van der Waals surface area contributed by atoms with Crippen LogP contribution in [0.15, 0.2) is 48.5 Å². The highest BCUT2D eigenvalue weighted by Gasteiger charge is 2.21. The van der Waals surface area contributed by atoms with Crippen LogP contribution in [0.5, 0.6) is 0 Å². The molecule has 1 atom stereocenters. The number of amides is 1. The van der Waals surface area contributed by atoms with E-state index < -0.39 is 17.9 Å². The molecule has 0 aromatic heterocycles. The van der Waals surface area contributed by atoms with Crippen LogP contribution in [0.3, 0.4) is 0 Å². The van der Waals surface area contributed by atoms with Crippen LogP contribution in [-0.4, -0.2) is 63.1 Å². The van der Waals surface area contributed by atoms with Gasteiger partial charge in [-0.1, -0.05) is 37.3 Å². The van der Waals surface area contributed by atoms with E-state index in [1.54, 1.807) is 6.92 Å². The number of esters is 3. The summed E-state index contributed by atoms with van der Waals surface area (Å²) in [5.74, 6) is -2.52. The minimum absolute atomic E-state index is 0.0355. The first-order chi connectivity index (χ1) is 15.8. The zero-order valence-electron chi connectivity index (χ0n) is 19.1. The monoisotopic (exact) mass is 456 g/mol. The normalized spacial score (nSPS) is 11.4. The molecule has 2 aromatic rings. The number of carbonyl (C=O) groups is 4. The Labute approximate surface area is 192 Å². The molecular formula is C24H28N2O7. The van der Waals surface area contributed by atoms with Gasteiger partial charge in [0.1, 0.15) is 0 Å². The van der Waals surface area contributed by atoms with E-state index in [0.29, 0.717) is 13.1 Å². The van der Waals surface area contributed by atoms with Crippen molar-refractivity contribution in [1.82, 2.24) is 4.90 Å². The maximum atomic E-state index is 12.8. The summed E-state index contributed by atoms with van der Waals surface area (Å²) < 4.78 is 14.2. The number of nitrogens with zero attached hydrogens (tertiary/aromatic N) is 1. The smallest absolute Gasteiger partial charge is 0.337 e. The van der Waals surface area contributed by atoms with Crippen LogP contribution in [0.2, 0.25) is 0 Å². The van der Waals surface area contributed by atoms with Gasteiger partial charge in [0.15, 0.2) is 0 Å². The molecule has 0 saturated carbocycles. The van der Waals surface area contributed by atoms with Gasteiger partial charge in [-0.25, -0.2) is 9.59 Å². The zero-order valence-corrected chi connectivity index (χ0v) is 19.1. The molecule has 2 rings (SSSR count). The first-order valence-corrected chi connectivity index (χ1v) is 10.2. The molecule has 0 heterocycles. The number of anilines is 1. The molecular weight excluding hydrogens is 428 g/mol. The fourth-order valence-corrected chi connectivity index (χ4v) is 3.26. The molecule has 9 heteroatoms. The topological polar surface area (TPSA) is 111 Å². The lowest BCUT2D eigenvalue weighted by molar-refractivity contribution is -0.145. The van der Waals surface area contributed by atoms with Gasteiger partial charge >= 0.3 is 17.9 Å². The summed E-state index contributed by atoms with van der Waals surface area (Å²) in [5, 5.41) is 2.70. The summed E-state index contributed by atoms with van der Waals surface area (Å²) >= 11 is 0. The average Bonchev–Trinajstić information content (AvgIpc) is 2.82. The highest BCUT2D eigenvalue weighted by Crippen LogP contribution is 2.18. The van der Waals surface area contributed by atoms with Gasteiger partial charge in [-0.05, 0) is 23.8 Å². The van der Waals surface area contributed by atoms with Crippen LogP contribution in [0.1, 0.15) is 33.2 Å². The van der Waals surface area contributed by atoms with Crippen LogP contribution in [0, 0.1) is 5.92 Å². The average molecular weight is 456 g/mol. The second-order valence-electron chi connectivity index (χ2n) is 7.41. The number of ether oxygens (including phenoxy) is 3. The maximum absolute atomic E-state index is 12.8. The Hall–Kier alpha value is -3.72. The molecule has 0 spiro atoms. The summed E-state index contributed by atoms with van der Waals surface area (Å²) in [5.41, 5.74) is 1.40. The minimum atomic E-state index is -0.658. The fourth-order valence-electron chi connectivity index (χ4n) is 3.26. The first-order valence-electron chi connectivity index (χ1n) is 10.2. The second kappa shape index (κ2) is 12.4. The predicted molar refractivity (Wildman–Crippen MR) is 121 cm³/mol. The Bertz CT molecular complexity index is 957. The molecule has 33 heavy (non-hydrogen) atoms. The van der Waals surface area contributed by atoms with Crippen LogP contribution in [-0.2, 0) is 30.3 Å². The molecule has 0 aliphatic rings. The highest BCUT2D eigenvalue weighted by molar-refractivity contribution is 5.99. The van der Waals surface area contributed by atoms with E-state index in [-0.39, 0.29) is 35.2 Å². The summed E-state index contributed by atoms with van der Waals surface area (Å²) in [6, 6.07) is 13.7. The summed E-state index contributed by atoms with van der Waals surface area (Å²) in [6.07, 6.45) is 0. The summed E-state index contributed by atoms with van der Waals surface area (Å²) in [4.78, 5) is 50.5. The molecule has 0 radical (unpaired) electrons. The zero-order chi connectivity index (χ0) is 24.4. The molecule has 1 unspecified atom stereocenters. The van der Waals surface area contributed by atoms with Crippen LogP contribution in [0.25, 0.3) is 0 Å². The van der Waals surface area contributed by atoms with Gasteiger partial charge in [-0.3, -0.25) is 14.5 Å². The van der Waals surface area contributed by atoms with Crippen molar-refractivity contribution in [3.63, 3.8) is 0 Å².